The van der Waals surface area contributed by atoms with Gasteiger partial charge in [-0.05, 0) is 24.6 Å². The smallest absolute Gasteiger partial charge is 0.388 e. The third kappa shape index (κ3) is 3.49. The predicted octanol–water partition coefficient (Wildman–Crippen LogP) is 3.45. The summed E-state index contributed by atoms with van der Waals surface area (Å²) < 4.78 is 28.7. The predicted molar refractivity (Wildman–Crippen MR) is 91.4 cm³/mol. The number of pyridine rings is 1. The number of para-hydroxylation sites is 2. The summed E-state index contributed by atoms with van der Waals surface area (Å²) in [6.07, 6.45) is 2.37. The van der Waals surface area contributed by atoms with Gasteiger partial charge < -0.3 is 10.1 Å². The number of benzene rings is 1. The van der Waals surface area contributed by atoms with Crippen LogP contribution in [-0.4, -0.2) is 29.5 Å². The second kappa shape index (κ2) is 7.47. The van der Waals surface area contributed by atoms with E-state index in [1.807, 2.05) is 6.92 Å². The summed E-state index contributed by atoms with van der Waals surface area (Å²) in [5.74, 6) is -0.968. The molecule has 0 saturated heterocycles. The van der Waals surface area contributed by atoms with E-state index in [1.165, 1.54) is 17.0 Å². The number of amides is 2. The van der Waals surface area contributed by atoms with Gasteiger partial charge in [-0.3, -0.25) is 14.5 Å². The zero-order chi connectivity index (χ0) is 18.7. The molecule has 1 aromatic carbocycles. The first kappa shape index (κ1) is 17.8. The Morgan fingerprint density at radius 2 is 2.08 bits per heavy atom. The fourth-order valence-electron chi connectivity index (χ4n) is 2.88. The molecule has 2 heterocycles. The minimum Gasteiger partial charge on any atom is -0.417 e. The van der Waals surface area contributed by atoms with Gasteiger partial charge in [0.05, 0.1) is 16.9 Å². The number of hydrogen-bond donors (Lipinski definition) is 1. The Kier molecular flexibility index (Phi) is 5.11. The van der Waals surface area contributed by atoms with Gasteiger partial charge in [-0.1, -0.05) is 25.5 Å². The molecule has 0 fully saturated rings. The molecule has 0 unspecified atom stereocenters. The SMILES string of the molecule is CCC[C@H]1C(=O)Nc2ccccc2N1C(=O)c1ccc(OC(F)F)nc1. The van der Waals surface area contributed by atoms with Crippen molar-refractivity contribution in [1.29, 1.82) is 0 Å². The number of carbonyl (C=O) groups is 2. The monoisotopic (exact) mass is 361 g/mol. The summed E-state index contributed by atoms with van der Waals surface area (Å²) >= 11 is 0. The van der Waals surface area contributed by atoms with E-state index in [-0.39, 0.29) is 17.4 Å². The van der Waals surface area contributed by atoms with E-state index < -0.39 is 18.6 Å². The van der Waals surface area contributed by atoms with Crippen molar-refractivity contribution in [2.45, 2.75) is 32.4 Å². The highest BCUT2D eigenvalue weighted by molar-refractivity contribution is 6.16. The van der Waals surface area contributed by atoms with Gasteiger partial charge in [0.25, 0.3) is 5.91 Å². The first-order valence-corrected chi connectivity index (χ1v) is 8.15. The van der Waals surface area contributed by atoms with Crippen LogP contribution in [0.15, 0.2) is 42.6 Å². The molecule has 0 radical (unpaired) electrons. The van der Waals surface area contributed by atoms with Crippen LogP contribution in [0.2, 0.25) is 0 Å². The molecule has 1 aliphatic heterocycles. The van der Waals surface area contributed by atoms with E-state index in [0.717, 1.165) is 6.20 Å². The first-order chi connectivity index (χ1) is 12.5. The molecule has 3 rings (SSSR count). The number of nitrogens with one attached hydrogen (secondary N) is 1. The van der Waals surface area contributed by atoms with Crippen molar-refractivity contribution in [2.24, 2.45) is 0 Å². The number of nitrogens with zero attached hydrogens (tertiary/aromatic N) is 2. The molecular formula is C18H17F2N3O3. The molecule has 1 aromatic heterocycles. The first-order valence-electron chi connectivity index (χ1n) is 8.15. The molecule has 1 N–H and O–H groups in total. The third-order valence-corrected chi connectivity index (χ3v) is 4.01. The number of aromatic nitrogens is 1. The number of alkyl halides is 2. The van der Waals surface area contributed by atoms with Gasteiger partial charge in [-0.25, -0.2) is 4.98 Å². The molecule has 0 spiro atoms. The normalized spacial score (nSPS) is 16.2. The lowest BCUT2D eigenvalue weighted by Crippen LogP contribution is -2.51. The summed E-state index contributed by atoms with van der Waals surface area (Å²) in [6.45, 7) is -1.07. The van der Waals surface area contributed by atoms with Crippen molar-refractivity contribution >= 4 is 23.2 Å². The molecule has 136 valence electrons. The lowest BCUT2D eigenvalue weighted by atomic mass is 10.0. The number of anilines is 2. The fourth-order valence-corrected chi connectivity index (χ4v) is 2.88. The zero-order valence-corrected chi connectivity index (χ0v) is 14.0. The molecule has 26 heavy (non-hydrogen) atoms. The van der Waals surface area contributed by atoms with Gasteiger partial charge >= 0.3 is 6.61 Å². The fraction of sp³-hybridized carbons (Fsp3) is 0.278. The maximum atomic E-state index is 13.0. The lowest BCUT2D eigenvalue weighted by Gasteiger charge is -2.36. The van der Waals surface area contributed by atoms with E-state index in [1.54, 1.807) is 24.3 Å². The highest BCUT2D eigenvalue weighted by Crippen LogP contribution is 2.34. The summed E-state index contributed by atoms with van der Waals surface area (Å²) in [5.41, 5.74) is 1.31. The van der Waals surface area contributed by atoms with Crippen molar-refractivity contribution in [1.82, 2.24) is 4.98 Å². The average molecular weight is 361 g/mol. The van der Waals surface area contributed by atoms with E-state index in [0.29, 0.717) is 24.2 Å². The van der Waals surface area contributed by atoms with Crippen LogP contribution in [0.3, 0.4) is 0 Å². The van der Waals surface area contributed by atoms with Gasteiger partial charge in [0.2, 0.25) is 11.8 Å². The number of hydrogen-bond acceptors (Lipinski definition) is 4. The van der Waals surface area contributed by atoms with Crippen molar-refractivity contribution in [3.05, 3.63) is 48.2 Å². The van der Waals surface area contributed by atoms with Crippen LogP contribution in [0.5, 0.6) is 5.88 Å². The topological polar surface area (TPSA) is 71.5 Å². The van der Waals surface area contributed by atoms with Crippen LogP contribution in [0.25, 0.3) is 0 Å². The second-order valence-corrected chi connectivity index (χ2v) is 5.75. The number of halogens is 2. The van der Waals surface area contributed by atoms with Crippen LogP contribution < -0.4 is 15.0 Å². The van der Waals surface area contributed by atoms with Gasteiger partial charge in [0.15, 0.2) is 0 Å². The van der Waals surface area contributed by atoms with Crippen LogP contribution in [0, 0.1) is 0 Å². The second-order valence-electron chi connectivity index (χ2n) is 5.75. The van der Waals surface area contributed by atoms with E-state index >= 15 is 0 Å². The standard InChI is InChI=1S/C18H17F2N3O3/c1-2-5-14-16(24)22-12-6-3-4-7-13(12)23(14)17(25)11-8-9-15(21-10-11)26-18(19)20/h3-4,6-10,14,18H,2,5H2,1H3,(H,22,24)/t14-/m0/s1. The summed E-state index contributed by atoms with van der Waals surface area (Å²) in [5, 5.41) is 2.81. The number of ether oxygens (including phenoxy) is 1. The van der Waals surface area contributed by atoms with Crippen molar-refractivity contribution in [3.8, 4) is 5.88 Å². The Bertz CT molecular complexity index is 812. The zero-order valence-electron chi connectivity index (χ0n) is 14.0. The summed E-state index contributed by atoms with van der Waals surface area (Å²) in [6, 6.07) is 8.90. The third-order valence-electron chi connectivity index (χ3n) is 4.01. The minimum atomic E-state index is -2.99. The highest BCUT2D eigenvalue weighted by atomic mass is 19.3. The Labute approximate surface area is 148 Å². The van der Waals surface area contributed by atoms with Crippen molar-refractivity contribution in [2.75, 3.05) is 10.2 Å². The number of fused-ring (bicyclic) bond motifs is 1. The van der Waals surface area contributed by atoms with Crippen molar-refractivity contribution < 1.29 is 23.1 Å². The Morgan fingerprint density at radius 1 is 1.31 bits per heavy atom. The van der Waals surface area contributed by atoms with E-state index in [9.17, 15) is 18.4 Å². The van der Waals surface area contributed by atoms with E-state index in [4.69, 9.17) is 0 Å². The van der Waals surface area contributed by atoms with Crippen LogP contribution in [0.1, 0.15) is 30.1 Å². The van der Waals surface area contributed by atoms with Crippen LogP contribution >= 0.6 is 0 Å². The van der Waals surface area contributed by atoms with Gasteiger partial charge in [0, 0.05) is 12.3 Å². The average Bonchev–Trinajstić information content (AvgIpc) is 2.62. The molecule has 0 bridgehead atoms. The number of carbonyl (C=O) groups excluding carboxylic acids is 2. The molecule has 2 aromatic rings. The van der Waals surface area contributed by atoms with Gasteiger partial charge in [-0.2, -0.15) is 8.78 Å². The maximum Gasteiger partial charge on any atom is 0.388 e. The van der Waals surface area contributed by atoms with Crippen LogP contribution in [-0.2, 0) is 4.79 Å². The van der Waals surface area contributed by atoms with Crippen molar-refractivity contribution in [3.63, 3.8) is 0 Å². The molecule has 6 nitrogen and oxygen atoms in total. The molecule has 2 amide bonds. The molecule has 0 saturated carbocycles. The summed E-state index contributed by atoms with van der Waals surface area (Å²) in [4.78, 5) is 30.7. The Morgan fingerprint density at radius 3 is 2.73 bits per heavy atom. The Hall–Kier alpha value is -3.03. The molecule has 1 atom stereocenters. The molecular weight excluding hydrogens is 344 g/mol. The summed E-state index contributed by atoms with van der Waals surface area (Å²) in [7, 11) is 0. The Balaban J connectivity index is 1.95. The highest BCUT2D eigenvalue weighted by Gasteiger charge is 2.36. The maximum absolute atomic E-state index is 13.0. The molecule has 0 aliphatic carbocycles. The molecule has 1 aliphatic rings. The minimum absolute atomic E-state index is 0.178. The number of rotatable bonds is 5. The quantitative estimate of drug-likeness (QED) is 0.885. The molecule has 8 heteroatoms. The van der Waals surface area contributed by atoms with Gasteiger partial charge in [-0.15, -0.1) is 0 Å². The van der Waals surface area contributed by atoms with E-state index in [2.05, 4.69) is 15.0 Å². The van der Waals surface area contributed by atoms with Crippen LogP contribution in [0.4, 0.5) is 20.2 Å². The lowest BCUT2D eigenvalue weighted by molar-refractivity contribution is -0.117. The van der Waals surface area contributed by atoms with Gasteiger partial charge in [0.1, 0.15) is 6.04 Å². The largest absolute Gasteiger partial charge is 0.417 e.